The third kappa shape index (κ3) is 3.38. The highest BCUT2D eigenvalue weighted by Crippen LogP contribution is 2.09. The number of hydrogen-bond acceptors (Lipinski definition) is 2. The maximum absolute atomic E-state index is 3.47. The van der Waals surface area contributed by atoms with Crippen molar-refractivity contribution >= 4 is 5.69 Å². The molecule has 1 atom stereocenters. The SMILES string of the molecule is CCC(C)NCc1cccc(NC)c1. The minimum absolute atomic E-state index is 0.591. The van der Waals surface area contributed by atoms with E-state index in [-0.39, 0.29) is 0 Å². The number of hydrogen-bond donors (Lipinski definition) is 2. The van der Waals surface area contributed by atoms with Crippen LogP contribution in [0.25, 0.3) is 0 Å². The van der Waals surface area contributed by atoms with Crippen molar-refractivity contribution in [1.29, 1.82) is 0 Å². The van der Waals surface area contributed by atoms with E-state index in [2.05, 4.69) is 48.7 Å². The fourth-order valence-electron chi connectivity index (χ4n) is 1.27. The normalized spacial score (nSPS) is 12.5. The highest BCUT2D eigenvalue weighted by molar-refractivity contribution is 5.44. The van der Waals surface area contributed by atoms with E-state index in [1.807, 2.05) is 7.05 Å². The van der Waals surface area contributed by atoms with Gasteiger partial charge in [0.05, 0.1) is 0 Å². The Balaban J connectivity index is 2.50. The lowest BCUT2D eigenvalue weighted by Gasteiger charge is -2.11. The highest BCUT2D eigenvalue weighted by atomic mass is 14.9. The van der Waals surface area contributed by atoms with Crippen LogP contribution < -0.4 is 10.6 Å². The Labute approximate surface area is 86.7 Å². The Morgan fingerprint density at radius 1 is 1.36 bits per heavy atom. The molecule has 2 nitrogen and oxygen atoms in total. The summed E-state index contributed by atoms with van der Waals surface area (Å²) >= 11 is 0. The van der Waals surface area contributed by atoms with Gasteiger partial charge in [0.25, 0.3) is 0 Å². The molecule has 0 radical (unpaired) electrons. The van der Waals surface area contributed by atoms with Gasteiger partial charge in [-0.05, 0) is 31.0 Å². The zero-order chi connectivity index (χ0) is 10.4. The van der Waals surface area contributed by atoms with Crippen molar-refractivity contribution in [2.75, 3.05) is 12.4 Å². The molecule has 1 unspecified atom stereocenters. The van der Waals surface area contributed by atoms with E-state index in [1.54, 1.807) is 0 Å². The molecule has 78 valence electrons. The van der Waals surface area contributed by atoms with Gasteiger partial charge in [0.15, 0.2) is 0 Å². The zero-order valence-corrected chi connectivity index (χ0v) is 9.30. The second-order valence-corrected chi connectivity index (χ2v) is 3.64. The molecule has 1 rings (SSSR count). The van der Waals surface area contributed by atoms with Gasteiger partial charge in [0.2, 0.25) is 0 Å². The molecule has 2 heteroatoms. The lowest BCUT2D eigenvalue weighted by atomic mass is 10.2. The summed E-state index contributed by atoms with van der Waals surface area (Å²) in [6.45, 7) is 5.36. The predicted molar refractivity (Wildman–Crippen MR) is 62.6 cm³/mol. The summed E-state index contributed by atoms with van der Waals surface area (Å²) in [6.07, 6.45) is 1.17. The molecule has 0 aliphatic heterocycles. The Morgan fingerprint density at radius 2 is 2.14 bits per heavy atom. The van der Waals surface area contributed by atoms with Gasteiger partial charge >= 0.3 is 0 Å². The number of nitrogens with one attached hydrogen (secondary N) is 2. The van der Waals surface area contributed by atoms with Crippen LogP contribution in [-0.2, 0) is 6.54 Å². The van der Waals surface area contributed by atoms with Gasteiger partial charge in [-0.1, -0.05) is 19.1 Å². The molecule has 0 heterocycles. The van der Waals surface area contributed by atoms with Crippen LogP contribution in [0.15, 0.2) is 24.3 Å². The molecule has 0 saturated carbocycles. The van der Waals surface area contributed by atoms with E-state index in [9.17, 15) is 0 Å². The second kappa shape index (κ2) is 5.66. The second-order valence-electron chi connectivity index (χ2n) is 3.64. The first-order chi connectivity index (χ1) is 6.76. The molecule has 0 saturated heterocycles. The summed E-state index contributed by atoms with van der Waals surface area (Å²) in [4.78, 5) is 0. The Kier molecular flexibility index (Phi) is 4.47. The lowest BCUT2D eigenvalue weighted by molar-refractivity contribution is 0.534. The van der Waals surface area contributed by atoms with Crippen LogP contribution in [0.3, 0.4) is 0 Å². The molecule has 14 heavy (non-hydrogen) atoms. The largest absolute Gasteiger partial charge is 0.388 e. The van der Waals surface area contributed by atoms with Crippen molar-refractivity contribution in [2.45, 2.75) is 32.9 Å². The van der Waals surface area contributed by atoms with Gasteiger partial charge in [0.1, 0.15) is 0 Å². The maximum atomic E-state index is 3.47. The quantitative estimate of drug-likeness (QED) is 0.749. The van der Waals surface area contributed by atoms with Crippen LogP contribution in [0.2, 0.25) is 0 Å². The van der Waals surface area contributed by atoms with E-state index in [1.165, 1.54) is 17.7 Å². The van der Waals surface area contributed by atoms with Crippen molar-refractivity contribution in [2.24, 2.45) is 0 Å². The number of rotatable bonds is 5. The van der Waals surface area contributed by atoms with Gasteiger partial charge < -0.3 is 10.6 Å². The van der Waals surface area contributed by atoms with Crippen LogP contribution >= 0.6 is 0 Å². The minimum atomic E-state index is 0.591. The minimum Gasteiger partial charge on any atom is -0.388 e. The van der Waals surface area contributed by atoms with E-state index >= 15 is 0 Å². The third-order valence-corrected chi connectivity index (χ3v) is 2.48. The fourth-order valence-corrected chi connectivity index (χ4v) is 1.27. The van der Waals surface area contributed by atoms with Gasteiger partial charge in [-0.15, -0.1) is 0 Å². The Bertz CT molecular complexity index is 271. The van der Waals surface area contributed by atoms with Crippen molar-refractivity contribution < 1.29 is 0 Å². The average molecular weight is 192 g/mol. The highest BCUT2D eigenvalue weighted by Gasteiger charge is 1.98. The summed E-state index contributed by atoms with van der Waals surface area (Å²) in [5.41, 5.74) is 2.51. The van der Waals surface area contributed by atoms with Gasteiger partial charge in [0, 0.05) is 25.3 Å². The average Bonchev–Trinajstić information content (AvgIpc) is 2.26. The molecular formula is C12H20N2. The maximum Gasteiger partial charge on any atom is 0.0340 e. The van der Waals surface area contributed by atoms with Crippen molar-refractivity contribution in [3.63, 3.8) is 0 Å². The Hall–Kier alpha value is -1.02. The van der Waals surface area contributed by atoms with E-state index < -0.39 is 0 Å². The first kappa shape index (κ1) is 11.1. The van der Waals surface area contributed by atoms with Crippen molar-refractivity contribution in [3.05, 3.63) is 29.8 Å². The summed E-state index contributed by atoms with van der Waals surface area (Å²) in [7, 11) is 1.95. The molecule has 0 bridgehead atoms. The molecule has 1 aromatic carbocycles. The summed E-state index contributed by atoms with van der Waals surface area (Å²) < 4.78 is 0. The predicted octanol–water partition coefficient (Wildman–Crippen LogP) is 2.62. The number of benzene rings is 1. The standard InChI is InChI=1S/C12H20N2/c1-4-10(2)14-9-11-6-5-7-12(8-11)13-3/h5-8,10,13-14H,4,9H2,1-3H3. The van der Waals surface area contributed by atoms with Crippen LogP contribution in [0.5, 0.6) is 0 Å². The monoisotopic (exact) mass is 192 g/mol. The van der Waals surface area contributed by atoms with E-state index in [0.29, 0.717) is 6.04 Å². The fraction of sp³-hybridized carbons (Fsp3) is 0.500. The topological polar surface area (TPSA) is 24.1 Å². The smallest absolute Gasteiger partial charge is 0.0340 e. The first-order valence-corrected chi connectivity index (χ1v) is 5.26. The molecule has 0 aromatic heterocycles. The molecule has 0 amide bonds. The first-order valence-electron chi connectivity index (χ1n) is 5.26. The van der Waals surface area contributed by atoms with Crippen LogP contribution in [0.1, 0.15) is 25.8 Å². The van der Waals surface area contributed by atoms with Crippen LogP contribution in [0.4, 0.5) is 5.69 Å². The van der Waals surface area contributed by atoms with Crippen molar-refractivity contribution in [1.82, 2.24) is 5.32 Å². The summed E-state index contributed by atoms with van der Waals surface area (Å²) in [6, 6.07) is 9.07. The number of anilines is 1. The van der Waals surface area contributed by atoms with Crippen LogP contribution in [-0.4, -0.2) is 13.1 Å². The zero-order valence-electron chi connectivity index (χ0n) is 9.30. The molecule has 0 aliphatic rings. The molecule has 2 N–H and O–H groups in total. The molecular weight excluding hydrogens is 172 g/mol. The summed E-state index contributed by atoms with van der Waals surface area (Å²) in [5, 5.41) is 6.61. The third-order valence-electron chi connectivity index (χ3n) is 2.48. The molecule has 0 aliphatic carbocycles. The lowest BCUT2D eigenvalue weighted by Crippen LogP contribution is -2.24. The Morgan fingerprint density at radius 3 is 2.79 bits per heavy atom. The van der Waals surface area contributed by atoms with Gasteiger partial charge in [-0.25, -0.2) is 0 Å². The van der Waals surface area contributed by atoms with Gasteiger partial charge in [-0.3, -0.25) is 0 Å². The molecule has 0 spiro atoms. The molecule has 1 aromatic rings. The van der Waals surface area contributed by atoms with E-state index in [0.717, 1.165) is 6.54 Å². The van der Waals surface area contributed by atoms with Gasteiger partial charge in [-0.2, -0.15) is 0 Å². The molecule has 0 fully saturated rings. The van der Waals surface area contributed by atoms with Crippen molar-refractivity contribution in [3.8, 4) is 0 Å². The van der Waals surface area contributed by atoms with E-state index in [4.69, 9.17) is 0 Å². The van der Waals surface area contributed by atoms with Crippen LogP contribution in [0, 0.1) is 0 Å². The summed E-state index contributed by atoms with van der Waals surface area (Å²) in [5.74, 6) is 0.